The van der Waals surface area contributed by atoms with Gasteiger partial charge in [0.2, 0.25) is 0 Å². The predicted molar refractivity (Wildman–Crippen MR) is 84.4 cm³/mol. The first kappa shape index (κ1) is 16.6. The highest BCUT2D eigenvalue weighted by molar-refractivity contribution is 6.17. The van der Waals surface area contributed by atoms with Crippen molar-refractivity contribution in [2.24, 2.45) is 5.92 Å². The molecule has 5 heteroatoms. The summed E-state index contributed by atoms with van der Waals surface area (Å²) in [5, 5.41) is 3.00. The van der Waals surface area contributed by atoms with Crippen LogP contribution in [0.2, 0.25) is 0 Å². The molecule has 0 bridgehead atoms. The van der Waals surface area contributed by atoms with Crippen LogP contribution in [0.25, 0.3) is 0 Å². The molecule has 0 aromatic heterocycles. The van der Waals surface area contributed by atoms with E-state index in [1.165, 1.54) is 11.3 Å². The Morgan fingerprint density at radius 3 is 2.38 bits per heavy atom. The quantitative estimate of drug-likeness (QED) is 0.621. The standard InChI is InChI=1S/C16H27ClN2O2/c1-13(7-11-17)8-12-19-14(20)16(18-15(19)21)9-5-3-2-4-6-10-16/h13H,2-12H2,1H3,(H,18,21). The topological polar surface area (TPSA) is 49.4 Å². The van der Waals surface area contributed by atoms with Crippen LogP contribution in [-0.4, -0.2) is 34.8 Å². The summed E-state index contributed by atoms with van der Waals surface area (Å²) < 4.78 is 0. The highest BCUT2D eigenvalue weighted by Gasteiger charge is 2.50. The van der Waals surface area contributed by atoms with Crippen LogP contribution in [-0.2, 0) is 4.79 Å². The van der Waals surface area contributed by atoms with E-state index in [2.05, 4.69) is 12.2 Å². The number of rotatable bonds is 5. The molecule has 1 atom stereocenters. The summed E-state index contributed by atoms with van der Waals surface area (Å²) in [6.07, 6.45) is 8.99. The molecule has 4 nitrogen and oxygen atoms in total. The van der Waals surface area contributed by atoms with E-state index in [1.54, 1.807) is 0 Å². The van der Waals surface area contributed by atoms with Crippen LogP contribution in [0.5, 0.6) is 0 Å². The molecule has 1 saturated carbocycles. The van der Waals surface area contributed by atoms with Gasteiger partial charge >= 0.3 is 6.03 Å². The van der Waals surface area contributed by atoms with Gasteiger partial charge in [-0.25, -0.2) is 4.79 Å². The Morgan fingerprint density at radius 1 is 1.14 bits per heavy atom. The fourth-order valence-electron chi connectivity index (χ4n) is 3.41. The van der Waals surface area contributed by atoms with Gasteiger partial charge in [0.15, 0.2) is 0 Å². The molecule has 1 N–H and O–H groups in total. The Kier molecular flexibility index (Phi) is 5.91. The SMILES string of the molecule is CC(CCCl)CCN1C(=O)NC2(CCCCCCC2)C1=O. The van der Waals surface area contributed by atoms with Gasteiger partial charge in [0.1, 0.15) is 5.54 Å². The van der Waals surface area contributed by atoms with Crippen molar-refractivity contribution in [2.75, 3.05) is 12.4 Å². The fourth-order valence-corrected chi connectivity index (χ4v) is 3.78. The third-order valence-corrected chi connectivity index (χ3v) is 5.12. The van der Waals surface area contributed by atoms with Gasteiger partial charge in [0, 0.05) is 12.4 Å². The zero-order valence-corrected chi connectivity index (χ0v) is 13.8. The Morgan fingerprint density at radius 2 is 1.76 bits per heavy atom. The molecule has 3 amide bonds. The monoisotopic (exact) mass is 314 g/mol. The first-order valence-electron chi connectivity index (χ1n) is 8.29. The number of imide groups is 1. The molecule has 1 aliphatic heterocycles. The van der Waals surface area contributed by atoms with Gasteiger partial charge in [-0.15, -0.1) is 11.6 Å². The van der Waals surface area contributed by atoms with E-state index < -0.39 is 5.54 Å². The number of carbonyl (C=O) groups excluding carboxylic acids is 2. The molecule has 1 saturated heterocycles. The minimum Gasteiger partial charge on any atom is -0.323 e. The predicted octanol–water partition coefficient (Wildman–Crippen LogP) is 3.68. The third kappa shape index (κ3) is 3.91. The van der Waals surface area contributed by atoms with Gasteiger partial charge in [-0.2, -0.15) is 0 Å². The molecule has 1 aliphatic carbocycles. The Labute approximate surface area is 132 Å². The minimum atomic E-state index is -0.604. The lowest BCUT2D eigenvalue weighted by Crippen LogP contribution is -2.47. The zero-order chi connectivity index (χ0) is 15.3. The van der Waals surface area contributed by atoms with Crippen molar-refractivity contribution in [3.63, 3.8) is 0 Å². The maximum Gasteiger partial charge on any atom is 0.325 e. The Hall–Kier alpha value is -0.770. The second-order valence-corrected chi connectivity index (χ2v) is 6.99. The van der Waals surface area contributed by atoms with Crippen LogP contribution < -0.4 is 5.32 Å². The molecule has 2 fully saturated rings. The maximum atomic E-state index is 12.7. The lowest BCUT2D eigenvalue weighted by atomic mass is 9.84. The number of hydrogen-bond acceptors (Lipinski definition) is 2. The lowest BCUT2D eigenvalue weighted by Gasteiger charge is -2.28. The summed E-state index contributed by atoms with van der Waals surface area (Å²) in [5.74, 6) is 1.08. The molecule has 1 unspecified atom stereocenters. The molecule has 0 radical (unpaired) electrons. The average molecular weight is 315 g/mol. The first-order valence-corrected chi connectivity index (χ1v) is 8.82. The smallest absolute Gasteiger partial charge is 0.323 e. The highest BCUT2D eigenvalue weighted by Crippen LogP contribution is 2.32. The maximum absolute atomic E-state index is 12.7. The summed E-state index contributed by atoms with van der Waals surface area (Å²) in [6, 6.07) is -0.196. The van der Waals surface area contributed by atoms with Gasteiger partial charge < -0.3 is 5.32 Å². The number of urea groups is 1. The normalized spacial score (nSPS) is 23.8. The minimum absolute atomic E-state index is 0.00692. The van der Waals surface area contributed by atoms with Crippen LogP contribution in [0.15, 0.2) is 0 Å². The Balaban J connectivity index is 1.97. The van der Waals surface area contributed by atoms with Crippen LogP contribution in [0.3, 0.4) is 0 Å². The summed E-state index contributed by atoms with van der Waals surface area (Å²) in [5.41, 5.74) is -0.604. The van der Waals surface area contributed by atoms with Crippen LogP contribution in [0.1, 0.15) is 64.7 Å². The van der Waals surface area contributed by atoms with E-state index in [1.807, 2.05) is 0 Å². The number of alkyl halides is 1. The van der Waals surface area contributed by atoms with E-state index >= 15 is 0 Å². The van der Waals surface area contributed by atoms with Crippen molar-refractivity contribution in [1.29, 1.82) is 0 Å². The molecule has 21 heavy (non-hydrogen) atoms. The average Bonchev–Trinajstić information content (AvgIpc) is 2.65. The second kappa shape index (κ2) is 7.48. The van der Waals surface area contributed by atoms with Crippen LogP contribution in [0, 0.1) is 5.92 Å². The van der Waals surface area contributed by atoms with Crippen molar-refractivity contribution in [3.05, 3.63) is 0 Å². The number of hydrogen-bond donors (Lipinski definition) is 1. The zero-order valence-electron chi connectivity index (χ0n) is 13.0. The molecule has 0 aromatic rings. The van der Waals surface area contributed by atoms with Crippen LogP contribution >= 0.6 is 11.6 Å². The number of amides is 3. The summed E-state index contributed by atoms with van der Waals surface area (Å²) >= 11 is 5.74. The van der Waals surface area contributed by atoms with Crippen molar-refractivity contribution in [3.8, 4) is 0 Å². The van der Waals surface area contributed by atoms with Gasteiger partial charge in [-0.1, -0.05) is 39.0 Å². The highest BCUT2D eigenvalue weighted by atomic mass is 35.5. The molecule has 1 spiro atoms. The molecule has 2 rings (SSSR count). The van der Waals surface area contributed by atoms with Crippen molar-refractivity contribution >= 4 is 23.5 Å². The number of nitrogens with one attached hydrogen (secondary N) is 1. The molecule has 1 heterocycles. The van der Waals surface area contributed by atoms with Gasteiger partial charge in [0.25, 0.3) is 5.91 Å². The van der Waals surface area contributed by atoms with Crippen molar-refractivity contribution < 1.29 is 9.59 Å². The summed E-state index contributed by atoms with van der Waals surface area (Å²) in [4.78, 5) is 26.4. The van der Waals surface area contributed by atoms with Gasteiger partial charge in [0.05, 0.1) is 0 Å². The second-order valence-electron chi connectivity index (χ2n) is 6.61. The largest absolute Gasteiger partial charge is 0.325 e. The van der Waals surface area contributed by atoms with Gasteiger partial charge in [-0.05, 0) is 31.6 Å². The molecule has 2 aliphatic rings. The van der Waals surface area contributed by atoms with Gasteiger partial charge in [-0.3, -0.25) is 9.69 Å². The number of carbonyl (C=O) groups is 2. The lowest BCUT2D eigenvalue weighted by molar-refractivity contribution is -0.132. The van der Waals surface area contributed by atoms with E-state index in [-0.39, 0.29) is 11.9 Å². The van der Waals surface area contributed by atoms with Crippen molar-refractivity contribution in [1.82, 2.24) is 10.2 Å². The molecule has 0 aromatic carbocycles. The Bertz CT molecular complexity index is 378. The molecule has 120 valence electrons. The van der Waals surface area contributed by atoms with Crippen LogP contribution in [0.4, 0.5) is 4.79 Å². The van der Waals surface area contributed by atoms with E-state index in [4.69, 9.17) is 11.6 Å². The van der Waals surface area contributed by atoms with E-state index in [9.17, 15) is 9.59 Å². The van der Waals surface area contributed by atoms with Crippen molar-refractivity contribution in [2.45, 2.75) is 70.3 Å². The fraction of sp³-hybridized carbons (Fsp3) is 0.875. The van der Waals surface area contributed by atoms with E-state index in [0.29, 0.717) is 18.3 Å². The van der Waals surface area contributed by atoms with E-state index in [0.717, 1.165) is 51.4 Å². The summed E-state index contributed by atoms with van der Waals surface area (Å²) in [7, 11) is 0. The third-order valence-electron chi connectivity index (χ3n) is 4.90. The number of nitrogens with zero attached hydrogens (tertiary/aromatic N) is 1. The molecular weight excluding hydrogens is 288 g/mol. The molecular formula is C16H27ClN2O2. The summed E-state index contributed by atoms with van der Waals surface area (Å²) in [6.45, 7) is 2.64. The first-order chi connectivity index (χ1) is 10.1. The number of halogens is 1.